The fourth-order valence-electron chi connectivity index (χ4n) is 2.35. The van der Waals surface area contributed by atoms with Gasteiger partial charge in [-0.15, -0.1) is 6.58 Å². The lowest BCUT2D eigenvalue weighted by molar-refractivity contribution is 0.104. The largest absolute Gasteiger partial charge is 0.508 e. The van der Waals surface area contributed by atoms with Gasteiger partial charge in [-0.05, 0) is 68.3 Å². The number of nitrogen functional groups attached to an aromatic ring is 1. The number of rotatable bonds is 7. The Hall–Kier alpha value is -3.01. The van der Waals surface area contributed by atoms with Gasteiger partial charge in [-0.2, -0.15) is 0 Å². The summed E-state index contributed by atoms with van der Waals surface area (Å²) in [5.41, 5.74) is 8.27. The van der Waals surface area contributed by atoms with Crippen LogP contribution < -0.4 is 10.5 Å². The first-order valence-electron chi connectivity index (χ1n) is 8.12. The van der Waals surface area contributed by atoms with Crippen LogP contribution in [0.5, 0.6) is 11.5 Å². The SMILES string of the molecule is C=CCc1cc(/C=C/C(=O)c2ccc(N)cc2)c(OC(C)C)cc1O. The molecule has 0 fully saturated rings. The molecule has 2 aromatic carbocycles. The number of carbonyl (C=O) groups excluding carboxylic acids is 1. The summed E-state index contributed by atoms with van der Waals surface area (Å²) in [7, 11) is 0. The molecule has 4 heteroatoms. The van der Waals surface area contributed by atoms with Crippen molar-refractivity contribution >= 4 is 17.5 Å². The third-order valence-electron chi connectivity index (χ3n) is 3.55. The number of phenols is 1. The van der Waals surface area contributed by atoms with Crippen LogP contribution in [0.2, 0.25) is 0 Å². The van der Waals surface area contributed by atoms with Gasteiger partial charge >= 0.3 is 0 Å². The molecule has 0 bridgehead atoms. The van der Waals surface area contributed by atoms with Crippen LogP contribution >= 0.6 is 0 Å². The van der Waals surface area contributed by atoms with Crippen LogP contribution in [-0.2, 0) is 6.42 Å². The predicted molar refractivity (Wildman–Crippen MR) is 102 cm³/mol. The first-order chi connectivity index (χ1) is 11.9. The standard InChI is InChI=1S/C21H23NO3/c1-4-5-16-12-17(21(13-20(16)24)25-14(2)3)8-11-19(23)15-6-9-18(22)10-7-15/h4,6-14,24H,1,5,22H2,2-3H3/b11-8+. The molecule has 2 aromatic rings. The van der Waals surface area contributed by atoms with E-state index in [-0.39, 0.29) is 17.6 Å². The second kappa shape index (κ2) is 8.20. The number of ketones is 1. The summed E-state index contributed by atoms with van der Waals surface area (Å²) >= 11 is 0. The fourth-order valence-corrected chi connectivity index (χ4v) is 2.35. The average Bonchev–Trinajstić information content (AvgIpc) is 2.56. The van der Waals surface area contributed by atoms with E-state index >= 15 is 0 Å². The second-order valence-electron chi connectivity index (χ2n) is 6.00. The van der Waals surface area contributed by atoms with Crippen molar-refractivity contribution < 1.29 is 14.6 Å². The molecule has 0 aliphatic carbocycles. The molecule has 0 saturated carbocycles. The maximum atomic E-state index is 12.3. The molecular weight excluding hydrogens is 314 g/mol. The molecular formula is C21H23NO3. The van der Waals surface area contributed by atoms with Crippen molar-refractivity contribution in [1.82, 2.24) is 0 Å². The third-order valence-corrected chi connectivity index (χ3v) is 3.55. The van der Waals surface area contributed by atoms with Gasteiger partial charge in [0.25, 0.3) is 0 Å². The van der Waals surface area contributed by atoms with Crippen LogP contribution in [0, 0.1) is 0 Å². The van der Waals surface area contributed by atoms with Crippen LogP contribution in [0.25, 0.3) is 6.08 Å². The number of carbonyl (C=O) groups is 1. The van der Waals surface area contributed by atoms with E-state index in [1.165, 1.54) is 6.08 Å². The third kappa shape index (κ3) is 4.98. The minimum atomic E-state index is -0.131. The summed E-state index contributed by atoms with van der Waals surface area (Å²) in [5.74, 6) is 0.549. The highest BCUT2D eigenvalue weighted by molar-refractivity contribution is 6.07. The van der Waals surface area contributed by atoms with E-state index in [0.717, 1.165) is 11.1 Å². The lowest BCUT2D eigenvalue weighted by atomic mass is 10.0. The van der Waals surface area contributed by atoms with Gasteiger partial charge in [0.2, 0.25) is 0 Å². The van der Waals surface area contributed by atoms with Crippen molar-refractivity contribution in [3.8, 4) is 11.5 Å². The Kier molecular flexibility index (Phi) is 6.01. The summed E-state index contributed by atoms with van der Waals surface area (Å²) in [4.78, 5) is 12.3. The van der Waals surface area contributed by atoms with E-state index in [9.17, 15) is 9.90 Å². The summed E-state index contributed by atoms with van der Waals surface area (Å²) in [5, 5.41) is 10.1. The molecule has 0 amide bonds. The number of hydrogen-bond donors (Lipinski definition) is 2. The molecule has 0 spiro atoms. The number of phenolic OH excluding ortho intramolecular Hbond substituents is 1. The zero-order valence-electron chi connectivity index (χ0n) is 14.5. The molecule has 0 radical (unpaired) electrons. The molecule has 0 aliphatic heterocycles. The Morgan fingerprint density at radius 1 is 1.28 bits per heavy atom. The van der Waals surface area contributed by atoms with E-state index in [1.54, 1.807) is 42.5 Å². The van der Waals surface area contributed by atoms with Gasteiger partial charge in [0.1, 0.15) is 11.5 Å². The van der Waals surface area contributed by atoms with Gasteiger partial charge in [-0.25, -0.2) is 0 Å². The highest BCUT2D eigenvalue weighted by Crippen LogP contribution is 2.31. The molecule has 2 rings (SSSR count). The van der Waals surface area contributed by atoms with Crippen LogP contribution in [0.1, 0.15) is 35.3 Å². The molecule has 0 atom stereocenters. The average molecular weight is 337 g/mol. The van der Waals surface area contributed by atoms with E-state index in [4.69, 9.17) is 10.5 Å². The van der Waals surface area contributed by atoms with Crippen molar-refractivity contribution in [3.63, 3.8) is 0 Å². The van der Waals surface area contributed by atoms with Gasteiger partial charge < -0.3 is 15.6 Å². The molecule has 4 nitrogen and oxygen atoms in total. The summed E-state index contributed by atoms with van der Waals surface area (Å²) in [6, 6.07) is 10.1. The number of benzene rings is 2. The van der Waals surface area contributed by atoms with Crippen LogP contribution in [0.15, 0.2) is 55.1 Å². The van der Waals surface area contributed by atoms with Gasteiger partial charge in [-0.3, -0.25) is 4.79 Å². The van der Waals surface area contributed by atoms with Gasteiger partial charge in [-0.1, -0.05) is 6.08 Å². The highest BCUT2D eigenvalue weighted by Gasteiger charge is 2.10. The molecule has 130 valence electrons. The number of hydrogen-bond acceptors (Lipinski definition) is 4. The Bertz CT molecular complexity index is 790. The van der Waals surface area contributed by atoms with Crippen molar-refractivity contribution in [2.45, 2.75) is 26.4 Å². The summed E-state index contributed by atoms with van der Waals surface area (Å²) in [6.07, 6.45) is 5.38. The van der Waals surface area contributed by atoms with E-state index in [0.29, 0.717) is 23.4 Å². The van der Waals surface area contributed by atoms with E-state index < -0.39 is 0 Å². The van der Waals surface area contributed by atoms with Crippen LogP contribution in [0.3, 0.4) is 0 Å². The first kappa shape index (κ1) is 18.3. The smallest absolute Gasteiger partial charge is 0.185 e. The summed E-state index contributed by atoms with van der Waals surface area (Å²) in [6.45, 7) is 7.50. The minimum absolute atomic E-state index is 0.0513. The maximum Gasteiger partial charge on any atom is 0.185 e. The first-order valence-corrected chi connectivity index (χ1v) is 8.12. The predicted octanol–water partition coefficient (Wildman–Crippen LogP) is 4.39. The lowest BCUT2D eigenvalue weighted by Gasteiger charge is -2.14. The minimum Gasteiger partial charge on any atom is -0.508 e. The monoisotopic (exact) mass is 337 g/mol. The molecule has 3 N–H and O–H groups in total. The second-order valence-corrected chi connectivity index (χ2v) is 6.00. The van der Waals surface area contributed by atoms with Crippen molar-refractivity contribution in [2.24, 2.45) is 0 Å². The molecule has 0 unspecified atom stereocenters. The lowest BCUT2D eigenvalue weighted by Crippen LogP contribution is -2.07. The van der Waals surface area contributed by atoms with Crippen molar-refractivity contribution in [3.05, 3.63) is 71.8 Å². The zero-order chi connectivity index (χ0) is 18.4. The molecule has 0 saturated heterocycles. The van der Waals surface area contributed by atoms with E-state index in [1.807, 2.05) is 19.9 Å². The van der Waals surface area contributed by atoms with Gasteiger partial charge in [0.05, 0.1) is 6.10 Å². The molecule has 25 heavy (non-hydrogen) atoms. The van der Waals surface area contributed by atoms with Gasteiger partial charge in [0.15, 0.2) is 5.78 Å². The Labute approximate surface area is 148 Å². The normalized spacial score (nSPS) is 11.0. The van der Waals surface area contributed by atoms with Crippen LogP contribution in [0.4, 0.5) is 5.69 Å². The number of anilines is 1. The quantitative estimate of drug-likeness (QED) is 0.340. The van der Waals surface area contributed by atoms with E-state index in [2.05, 4.69) is 6.58 Å². The molecule has 0 aromatic heterocycles. The number of nitrogens with two attached hydrogens (primary N) is 1. The van der Waals surface area contributed by atoms with Gasteiger partial charge in [0, 0.05) is 22.9 Å². The molecule has 0 heterocycles. The Morgan fingerprint density at radius 3 is 2.56 bits per heavy atom. The number of ether oxygens (including phenoxy) is 1. The fraction of sp³-hybridized carbons (Fsp3) is 0.190. The van der Waals surface area contributed by atoms with Crippen LogP contribution in [-0.4, -0.2) is 17.0 Å². The summed E-state index contributed by atoms with van der Waals surface area (Å²) < 4.78 is 5.75. The number of aromatic hydroxyl groups is 1. The Balaban J connectivity index is 2.34. The van der Waals surface area contributed by atoms with Crippen molar-refractivity contribution in [1.29, 1.82) is 0 Å². The maximum absolute atomic E-state index is 12.3. The molecule has 0 aliphatic rings. The highest BCUT2D eigenvalue weighted by atomic mass is 16.5. The zero-order valence-corrected chi connectivity index (χ0v) is 14.5. The Morgan fingerprint density at radius 2 is 1.96 bits per heavy atom. The van der Waals surface area contributed by atoms with Crippen molar-refractivity contribution in [2.75, 3.05) is 5.73 Å². The number of allylic oxidation sites excluding steroid dienone is 2. The topological polar surface area (TPSA) is 72.6 Å².